The van der Waals surface area contributed by atoms with Crippen molar-refractivity contribution < 1.29 is 22.8 Å². The molecule has 10 nitrogen and oxygen atoms in total. The van der Waals surface area contributed by atoms with Crippen LogP contribution in [0.5, 0.6) is 0 Å². The Morgan fingerprint density at radius 1 is 1.17 bits per heavy atom. The van der Waals surface area contributed by atoms with Crippen LogP contribution in [0.15, 0.2) is 63.6 Å². The molecule has 0 bridgehead atoms. The number of aromatic nitrogens is 4. The van der Waals surface area contributed by atoms with Crippen LogP contribution < -0.4 is 10.2 Å². The summed E-state index contributed by atoms with van der Waals surface area (Å²) >= 11 is 0. The van der Waals surface area contributed by atoms with E-state index in [1.807, 2.05) is 0 Å². The summed E-state index contributed by atoms with van der Waals surface area (Å²) in [6, 6.07) is 11.2. The predicted octanol–water partition coefficient (Wildman–Crippen LogP) is 3.81. The zero-order chi connectivity index (χ0) is 25.1. The van der Waals surface area contributed by atoms with E-state index in [1.165, 1.54) is 24.5 Å². The molecule has 0 radical (unpaired) electrons. The van der Waals surface area contributed by atoms with E-state index >= 15 is 4.39 Å². The lowest BCUT2D eigenvalue weighted by atomic mass is 10.1. The summed E-state index contributed by atoms with van der Waals surface area (Å²) in [4.78, 5) is 29.4. The summed E-state index contributed by atoms with van der Waals surface area (Å²) in [5.41, 5.74) is -0.0625. The van der Waals surface area contributed by atoms with Crippen molar-refractivity contribution in [3.8, 4) is 11.6 Å². The number of furan rings is 2. The van der Waals surface area contributed by atoms with Gasteiger partial charge in [0.05, 0.1) is 12.0 Å². The van der Waals surface area contributed by atoms with Crippen molar-refractivity contribution in [3.63, 3.8) is 0 Å². The fraction of sp³-hybridized carbons (Fsp3) is 0.320. The number of rotatable bonds is 8. The van der Waals surface area contributed by atoms with E-state index in [0.29, 0.717) is 11.5 Å². The van der Waals surface area contributed by atoms with Crippen LogP contribution >= 0.6 is 0 Å². The number of nitrogens with one attached hydrogen (secondary N) is 1. The second-order valence-electron chi connectivity index (χ2n) is 8.68. The molecular formula is C25H25FN6O4. The molecule has 36 heavy (non-hydrogen) atoms. The molecule has 1 aliphatic carbocycles. The molecule has 1 fully saturated rings. The normalized spacial score (nSPS) is 14.6. The van der Waals surface area contributed by atoms with Crippen LogP contribution in [0, 0.1) is 12.7 Å². The van der Waals surface area contributed by atoms with E-state index in [-0.39, 0.29) is 23.3 Å². The number of carbonyl (C=O) groups excluding carboxylic acids is 2. The number of benzene rings is 1. The van der Waals surface area contributed by atoms with Gasteiger partial charge in [-0.25, -0.2) is 4.39 Å². The molecule has 1 aromatic carbocycles. The molecule has 1 N–H and O–H groups in total. The average Bonchev–Trinajstić information content (AvgIpc) is 3.66. The number of halogens is 1. The predicted molar refractivity (Wildman–Crippen MR) is 126 cm³/mol. The third-order valence-electron chi connectivity index (χ3n) is 6.09. The van der Waals surface area contributed by atoms with Crippen LogP contribution in [0.2, 0.25) is 0 Å². The molecule has 1 aliphatic rings. The number of hydrogen-bond donors (Lipinski definition) is 1. The highest BCUT2D eigenvalue weighted by Crippen LogP contribution is 2.31. The van der Waals surface area contributed by atoms with Crippen LogP contribution in [0.3, 0.4) is 0 Å². The Kier molecular flexibility index (Phi) is 6.61. The first-order valence-corrected chi connectivity index (χ1v) is 11.7. The molecule has 0 unspecified atom stereocenters. The van der Waals surface area contributed by atoms with Crippen molar-refractivity contribution in [2.24, 2.45) is 0 Å². The highest BCUT2D eigenvalue weighted by Gasteiger charge is 2.37. The molecule has 3 heterocycles. The minimum atomic E-state index is -1.24. The lowest BCUT2D eigenvalue weighted by Gasteiger charge is -2.30. The van der Waals surface area contributed by atoms with Crippen molar-refractivity contribution in [3.05, 3.63) is 72.1 Å². The van der Waals surface area contributed by atoms with Crippen LogP contribution in [-0.4, -0.2) is 38.1 Å². The molecule has 0 spiro atoms. The highest BCUT2D eigenvalue weighted by atomic mass is 19.1. The highest BCUT2D eigenvalue weighted by molar-refractivity contribution is 6.01. The van der Waals surface area contributed by atoms with Gasteiger partial charge in [-0.05, 0) is 61.4 Å². The van der Waals surface area contributed by atoms with Crippen molar-refractivity contribution in [1.29, 1.82) is 0 Å². The Balaban J connectivity index is 1.48. The first-order valence-electron chi connectivity index (χ1n) is 11.7. The lowest BCUT2D eigenvalue weighted by molar-refractivity contribution is -0.128. The molecule has 11 heteroatoms. The van der Waals surface area contributed by atoms with E-state index in [4.69, 9.17) is 8.83 Å². The van der Waals surface area contributed by atoms with Crippen LogP contribution in [-0.2, 0) is 16.1 Å². The lowest BCUT2D eigenvalue weighted by Crippen LogP contribution is -2.47. The maximum absolute atomic E-state index is 15.0. The summed E-state index contributed by atoms with van der Waals surface area (Å²) < 4.78 is 26.1. The summed E-state index contributed by atoms with van der Waals surface area (Å²) in [7, 11) is 0. The van der Waals surface area contributed by atoms with Crippen molar-refractivity contribution >= 4 is 17.5 Å². The molecule has 186 valence electrons. The first kappa shape index (κ1) is 23.5. The first-order chi connectivity index (χ1) is 17.5. The molecule has 1 saturated carbocycles. The standard InChI is InChI=1S/C25H25FN6O4/c1-16-12-13-21(36-16)24-28-30-31(29-24)15-22(33)32(19-10-5-4-9-18(19)26)23(20-11-6-14-35-20)25(34)27-17-7-2-3-8-17/h4-6,9-14,17,23H,2-3,7-8,15H2,1H3,(H,27,34)/t23-/m0/s1. The molecule has 5 rings (SSSR count). The molecule has 0 saturated heterocycles. The van der Waals surface area contributed by atoms with E-state index in [9.17, 15) is 9.59 Å². The van der Waals surface area contributed by atoms with Gasteiger partial charge in [0.15, 0.2) is 11.8 Å². The molecule has 0 aliphatic heterocycles. The Hall–Kier alpha value is -4.28. The van der Waals surface area contributed by atoms with Gasteiger partial charge in [-0.1, -0.05) is 25.0 Å². The summed E-state index contributed by atoms with van der Waals surface area (Å²) in [6.45, 7) is 1.39. The number of aryl methyl sites for hydroxylation is 1. The van der Waals surface area contributed by atoms with E-state index in [2.05, 4.69) is 20.7 Å². The number of para-hydroxylation sites is 1. The summed E-state index contributed by atoms with van der Waals surface area (Å²) in [5, 5.41) is 15.1. The molecule has 3 aromatic heterocycles. The SMILES string of the molecule is Cc1ccc(-c2nnn(CC(=O)N(c3ccccc3F)[C@H](C(=O)NC3CCCC3)c3ccco3)n2)o1. The fourth-order valence-electron chi connectivity index (χ4n) is 4.40. The number of nitrogens with zero attached hydrogens (tertiary/aromatic N) is 5. The molecule has 2 amide bonds. The molecule has 4 aromatic rings. The van der Waals surface area contributed by atoms with E-state index in [0.717, 1.165) is 35.4 Å². The van der Waals surface area contributed by atoms with Crippen LogP contribution in [0.25, 0.3) is 11.6 Å². The zero-order valence-electron chi connectivity index (χ0n) is 19.6. The Morgan fingerprint density at radius 3 is 2.67 bits per heavy atom. The fourth-order valence-corrected chi connectivity index (χ4v) is 4.40. The second-order valence-corrected chi connectivity index (χ2v) is 8.68. The summed E-state index contributed by atoms with van der Waals surface area (Å²) in [6.07, 6.45) is 5.14. The number of anilines is 1. The third-order valence-corrected chi connectivity index (χ3v) is 6.09. The zero-order valence-corrected chi connectivity index (χ0v) is 19.6. The van der Waals surface area contributed by atoms with Crippen LogP contribution in [0.1, 0.15) is 43.2 Å². The Labute approximate surface area is 206 Å². The van der Waals surface area contributed by atoms with E-state index < -0.39 is 30.2 Å². The number of amides is 2. The quantitative estimate of drug-likeness (QED) is 0.397. The van der Waals surface area contributed by atoms with Gasteiger partial charge >= 0.3 is 0 Å². The minimum Gasteiger partial charge on any atom is -0.467 e. The average molecular weight is 493 g/mol. The minimum absolute atomic E-state index is 0.0103. The Morgan fingerprint density at radius 2 is 1.97 bits per heavy atom. The topological polar surface area (TPSA) is 119 Å². The number of carbonyl (C=O) groups is 2. The summed E-state index contributed by atoms with van der Waals surface area (Å²) in [5.74, 6) is -0.238. The van der Waals surface area contributed by atoms with Gasteiger partial charge in [0.2, 0.25) is 5.82 Å². The second kappa shape index (κ2) is 10.1. The van der Waals surface area contributed by atoms with Gasteiger partial charge in [-0.2, -0.15) is 4.80 Å². The van der Waals surface area contributed by atoms with Gasteiger partial charge in [0, 0.05) is 6.04 Å². The number of hydrogen-bond acceptors (Lipinski definition) is 7. The van der Waals surface area contributed by atoms with Crippen molar-refractivity contribution in [1.82, 2.24) is 25.5 Å². The van der Waals surface area contributed by atoms with Crippen molar-refractivity contribution in [2.45, 2.75) is 51.2 Å². The van der Waals surface area contributed by atoms with Crippen LogP contribution in [0.4, 0.5) is 10.1 Å². The van der Waals surface area contributed by atoms with Gasteiger partial charge < -0.3 is 14.2 Å². The monoisotopic (exact) mass is 492 g/mol. The van der Waals surface area contributed by atoms with Gasteiger partial charge in [-0.15, -0.1) is 10.2 Å². The maximum atomic E-state index is 15.0. The van der Waals surface area contributed by atoms with E-state index in [1.54, 1.807) is 37.3 Å². The smallest absolute Gasteiger partial charge is 0.251 e. The van der Waals surface area contributed by atoms with Gasteiger partial charge in [-0.3, -0.25) is 14.5 Å². The van der Waals surface area contributed by atoms with Gasteiger partial charge in [0.25, 0.3) is 11.8 Å². The molecular weight excluding hydrogens is 467 g/mol. The largest absolute Gasteiger partial charge is 0.467 e. The van der Waals surface area contributed by atoms with Gasteiger partial charge in [0.1, 0.15) is 23.9 Å². The Bertz CT molecular complexity index is 1340. The third kappa shape index (κ3) is 4.90. The number of tetrazole rings is 1. The maximum Gasteiger partial charge on any atom is 0.251 e. The van der Waals surface area contributed by atoms with Crippen molar-refractivity contribution in [2.75, 3.05) is 4.90 Å². The molecule has 1 atom stereocenters.